The Morgan fingerprint density at radius 2 is 1.45 bits per heavy atom. The van der Waals surface area contributed by atoms with Gasteiger partial charge < -0.3 is 28.8 Å². The molecule has 1 N–H and O–H groups in total. The van der Waals surface area contributed by atoms with Gasteiger partial charge in [0.1, 0.15) is 46.8 Å². The number of carbonyl (C=O) groups excluding carboxylic acids is 1. The first kappa shape index (κ1) is 30.1. The van der Waals surface area contributed by atoms with E-state index in [-0.39, 0.29) is 29.0 Å². The topological polar surface area (TPSA) is 88.0 Å². The Hall–Kier alpha value is -5.38. The molecule has 5 aromatic rings. The number of halogens is 2. The summed E-state index contributed by atoms with van der Waals surface area (Å²) in [7, 11) is 1.41. The summed E-state index contributed by atoms with van der Waals surface area (Å²) in [4.78, 5) is 27.4. The molecule has 226 valence electrons. The number of anilines is 1. The molecule has 0 saturated carbocycles. The number of fused-ring (bicyclic) bond motifs is 1. The van der Waals surface area contributed by atoms with Gasteiger partial charge >= 0.3 is 0 Å². The summed E-state index contributed by atoms with van der Waals surface area (Å²) >= 11 is 0. The molecule has 0 aliphatic carbocycles. The van der Waals surface area contributed by atoms with Gasteiger partial charge in [-0.25, -0.2) is 8.78 Å². The number of ether oxygens (including phenoxy) is 4. The second-order valence-corrected chi connectivity index (χ2v) is 9.68. The van der Waals surface area contributed by atoms with Gasteiger partial charge in [-0.3, -0.25) is 9.59 Å². The summed E-state index contributed by atoms with van der Waals surface area (Å²) in [5.41, 5.74) is 0.739. The first-order chi connectivity index (χ1) is 21.3. The maximum Gasteiger partial charge on any atom is 0.261 e. The van der Waals surface area contributed by atoms with Crippen LogP contribution in [0.5, 0.6) is 23.0 Å². The lowest BCUT2D eigenvalue weighted by molar-refractivity contribution is 0.102. The van der Waals surface area contributed by atoms with Crippen molar-refractivity contribution in [3.8, 4) is 28.7 Å². The number of hydrogen-bond acceptors (Lipinski definition) is 6. The highest BCUT2D eigenvalue weighted by atomic mass is 19.1. The monoisotopic (exact) mass is 600 g/mol. The lowest BCUT2D eigenvalue weighted by Gasteiger charge is -2.19. The average molecular weight is 601 g/mol. The zero-order valence-electron chi connectivity index (χ0n) is 24.4. The molecule has 0 atom stereocenters. The Morgan fingerprint density at radius 1 is 0.818 bits per heavy atom. The van der Waals surface area contributed by atoms with E-state index in [1.165, 1.54) is 13.3 Å². The van der Waals surface area contributed by atoms with Crippen molar-refractivity contribution in [1.82, 2.24) is 4.57 Å². The normalized spacial score (nSPS) is 10.8. The van der Waals surface area contributed by atoms with Crippen LogP contribution in [0.4, 0.5) is 14.5 Å². The van der Waals surface area contributed by atoms with E-state index in [1.54, 1.807) is 34.9 Å². The van der Waals surface area contributed by atoms with E-state index in [2.05, 4.69) is 5.32 Å². The molecule has 5 rings (SSSR count). The summed E-state index contributed by atoms with van der Waals surface area (Å²) < 4.78 is 52.6. The van der Waals surface area contributed by atoms with Crippen molar-refractivity contribution < 1.29 is 32.5 Å². The minimum absolute atomic E-state index is 0.0948. The summed E-state index contributed by atoms with van der Waals surface area (Å²) in [5.74, 6) is -1.02. The Morgan fingerprint density at radius 3 is 2.07 bits per heavy atom. The number of benzene rings is 4. The number of hydrogen-bond donors (Lipinski definition) is 1. The van der Waals surface area contributed by atoms with Crippen molar-refractivity contribution in [3.05, 3.63) is 118 Å². The fourth-order valence-electron chi connectivity index (χ4n) is 4.77. The van der Waals surface area contributed by atoms with Gasteiger partial charge in [0.05, 0.1) is 36.9 Å². The Labute approximate surface area is 252 Å². The number of amides is 1. The Kier molecular flexibility index (Phi) is 9.09. The highest BCUT2D eigenvalue weighted by Crippen LogP contribution is 2.34. The van der Waals surface area contributed by atoms with Crippen LogP contribution < -0.4 is 29.7 Å². The van der Waals surface area contributed by atoms with Crippen LogP contribution in [0.1, 0.15) is 29.8 Å². The smallest absolute Gasteiger partial charge is 0.261 e. The third-order valence-corrected chi connectivity index (χ3v) is 6.64. The van der Waals surface area contributed by atoms with Crippen LogP contribution in [-0.4, -0.2) is 30.8 Å². The lowest BCUT2D eigenvalue weighted by Crippen LogP contribution is -2.24. The van der Waals surface area contributed by atoms with E-state index < -0.39 is 23.0 Å². The molecule has 0 aliphatic rings. The second-order valence-electron chi connectivity index (χ2n) is 9.68. The van der Waals surface area contributed by atoms with Crippen LogP contribution in [0, 0.1) is 11.6 Å². The van der Waals surface area contributed by atoms with Gasteiger partial charge in [-0.05, 0) is 31.5 Å². The van der Waals surface area contributed by atoms with Crippen molar-refractivity contribution in [2.45, 2.75) is 20.5 Å². The van der Waals surface area contributed by atoms with Crippen LogP contribution in [-0.2, 0) is 6.61 Å². The molecule has 0 aliphatic heterocycles. The van der Waals surface area contributed by atoms with Gasteiger partial charge in [-0.2, -0.15) is 0 Å². The fourth-order valence-corrected chi connectivity index (χ4v) is 4.77. The number of pyridine rings is 1. The van der Waals surface area contributed by atoms with Crippen LogP contribution in [0.3, 0.4) is 0 Å². The molecule has 10 heteroatoms. The number of methoxy groups -OCH3 is 1. The predicted molar refractivity (Wildman–Crippen MR) is 164 cm³/mol. The highest BCUT2D eigenvalue weighted by Gasteiger charge is 2.22. The third-order valence-electron chi connectivity index (χ3n) is 6.64. The average Bonchev–Trinajstić information content (AvgIpc) is 3.00. The molecule has 0 bridgehead atoms. The van der Waals surface area contributed by atoms with E-state index in [4.69, 9.17) is 18.9 Å². The molecule has 44 heavy (non-hydrogen) atoms. The molecule has 8 nitrogen and oxygen atoms in total. The van der Waals surface area contributed by atoms with E-state index in [0.29, 0.717) is 47.7 Å². The Bertz CT molecular complexity index is 1830. The van der Waals surface area contributed by atoms with Crippen LogP contribution in [0.25, 0.3) is 16.6 Å². The maximum absolute atomic E-state index is 13.9. The van der Waals surface area contributed by atoms with Gasteiger partial charge in [0.2, 0.25) is 5.43 Å². The minimum Gasteiger partial charge on any atom is -0.496 e. The molecule has 0 radical (unpaired) electrons. The second kappa shape index (κ2) is 13.3. The first-order valence-corrected chi connectivity index (χ1v) is 13.9. The van der Waals surface area contributed by atoms with E-state index >= 15 is 0 Å². The van der Waals surface area contributed by atoms with Crippen molar-refractivity contribution in [2.75, 3.05) is 25.6 Å². The maximum atomic E-state index is 13.9. The van der Waals surface area contributed by atoms with Crippen molar-refractivity contribution in [1.29, 1.82) is 0 Å². The summed E-state index contributed by atoms with van der Waals surface area (Å²) in [6, 6.07) is 20.6. The SMILES string of the molecule is CCOc1cc(OCC)cc(-n2cc(C(=O)Nc3cc(F)cc(F)c3)c(=O)c3c(OC)cc(OCc4ccccc4)cc32)c1. The standard InChI is InChI=1S/C34H30F2N2O6/c1-4-42-26-14-25(15-27(16-26)43-5-2)38-19-29(34(40)37-24-12-22(35)11-23(36)13-24)33(39)32-30(38)17-28(18-31(32)41-3)44-20-21-9-7-6-8-10-21/h6-19H,4-5,20H2,1-3H3,(H,37,40). The zero-order valence-corrected chi connectivity index (χ0v) is 24.4. The van der Waals surface area contributed by atoms with Crippen molar-refractivity contribution in [2.24, 2.45) is 0 Å². The number of nitrogens with zero attached hydrogens (tertiary/aromatic N) is 1. The van der Waals surface area contributed by atoms with Crippen molar-refractivity contribution >= 4 is 22.5 Å². The Balaban J connectivity index is 1.71. The van der Waals surface area contributed by atoms with E-state index in [0.717, 1.165) is 17.7 Å². The molecule has 0 unspecified atom stereocenters. The van der Waals surface area contributed by atoms with Crippen LogP contribution in [0.2, 0.25) is 0 Å². The molecule has 0 saturated heterocycles. The lowest BCUT2D eigenvalue weighted by atomic mass is 10.1. The number of nitrogens with one attached hydrogen (secondary N) is 1. The predicted octanol–water partition coefficient (Wildman–Crippen LogP) is 6.91. The summed E-state index contributed by atoms with van der Waals surface area (Å²) in [6.45, 7) is 4.74. The van der Waals surface area contributed by atoms with Gasteiger partial charge in [0.15, 0.2) is 0 Å². The largest absolute Gasteiger partial charge is 0.496 e. The number of aromatic nitrogens is 1. The zero-order chi connectivity index (χ0) is 31.2. The van der Waals surface area contributed by atoms with Crippen LogP contribution >= 0.6 is 0 Å². The quantitative estimate of drug-likeness (QED) is 0.177. The minimum atomic E-state index is -0.878. The molecule has 4 aromatic carbocycles. The van der Waals surface area contributed by atoms with Crippen molar-refractivity contribution in [3.63, 3.8) is 0 Å². The van der Waals surface area contributed by atoms with Gasteiger partial charge in [0, 0.05) is 48.3 Å². The summed E-state index contributed by atoms with van der Waals surface area (Å²) in [6.07, 6.45) is 1.36. The van der Waals surface area contributed by atoms with Gasteiger partial charge in [-0.15, -0.1) is 0 Å². The molecule has 1 aromatic heterocycles. The molecular formula is C34H30F2N2O6. The first-order valence-electron chi connectivity index (χ1n) is 13.9. The molecule has 1 amide bonds. The number of rotatable bonds is 11. The van der Waals surface area contributed by atoms with E-state index in [9.17, 15) is 18.4 Å². The molecular weight excluding hydrogens is 570 g/mol. The molecule has 1 heterocycles. The fraction of sp³-hybridized carbons (Fsp3) is 0.176. The van der Waals surface area contributed by atoms with Gasteiger partial charge in [0.25, 0.3) is 5.91 Å². The molecule has 0 fully saturated rings. The summed E-state index contributed by atoms with van der Waals surface area (Å²) in [5, 5.41) is 2.52. The van der Waals surface area contributed by atoms with Crippen LogP contribution in [0.15, 0.2) is 89.9 Å². The van der Waals surface area contributed by atoms with Gasteiger partial charge in [-0.1, -0.05) is 30.3 Å². The number of carbonyl (C=O) groups is 1. The highest BCUT2D eigenvalue weighted by molar-refractivity contribution is 6.06. The molecule has 0 spiro atoms. The third kappa shape index (κ3) is 6.64. The van der Waals surface area contributed by atoms with E-state index in [1.807, 2.05) is 44.2 Å².